The maximum Gasteiger partial charge on any atom is 0.170 e. The summed E-state index contributed by atoms with van der Waals surface area (Å²) >= 11 is 5.74. The zero-order valence-corrected chi connectivity index (χ0v) is 9.49. The Morgan fingerprint density at radius 2 is 2.33 bits per heavy atom. The lowest BCUT2D eigenvalue weighted by Crippen LogP contribution is -2.03. The Morgan fingerprint density at radius 1 is 1.67 bits per heavy atom. The number of hydrogen-bond donors (Lipinski definition) is 1. The van der Waals surface area contributed by atoms with Crippen LogP contribution in [0.3, 0.4) is 0 Å². The smallest absolute Gasteiger partial charge is 0.170 e. The molecule has 0 aliphatic carbocycles. The summed E-state index contributed by atoms with van der Waals surface area (Å²) in [4.78, 5) is 4.06. The van der Waals surface area contributed by atoms with E-state index in [1.165, 1.54) is 12.3 Å². The molecule has 1 aromatic rings. The molecule has 0 aromatic carbocycles. The number of nitrogens with two attached hydrogens (primary N) is 1. The van der Waals surface area contributed by atoms with Gasteiger partial charge >= 0.3 is 0 Å². The van der Waals surface area contributed by atoms with Crippen LogP contribution in [0.4, 0.5) is 0 Å². The van der Waals surface area contributed by atoms with Crippen molar-refractivity contribution in [2.75, 3.05) is 0 Å². The van der Waals surface area contributed by atoms with Crippen molar-refractivity contribution in [3.8, 4) is 0 Å². The molecule has 1 rings (SSSR count). The molecule has 80 valence electrons. The van der Waals surface area contributed by atoms with Crippen LogP contribution in [0.5, 0.6) is 0 Å². The zero-order chi connectivity index (χ0) is 11.4. The van der Waals surface area contributed by atoms with E-state index in [-0.39, 0.29) is 5.17 Å². The van der Waals surface area contributed by atoms with E-state index >= 15 is 0 Å². The van der Waals surface area contributed by atoms with Gasteiger partial charge in [-0.05, 0) is 26.0 Å². The Labute approximate surface area is 93.8 Å². The number of allylic oxidation sites excluding steroid dienone is 1. The van der Waals surface area contributed by atoms with Crippen LogP contribution in [0.2, 0.25) is 0 Å². The lowest BCUT2D eigenvalue weighted by Gasteiger charge is -2.03. The summed E-state index contributed by atoms with van der Waals surface area (Å²) in [6, 6.07) is 1.93. The van der Waals surface area contributed by atoms with Crippen molar-refractivity contribution in [3.63, 3.8) is 0 Å². The van der Waals surface area contributed by atoms with E-state index in [0.717, 1.165) is 11.4 Å². The van der Waals surface area contributed by atoms with Gasteiger partial charge in [0.05, 0.1) is 5.69 Å². The molecule has 5 heteroatoms. The van der Waals surface area contributed by atoms with Gasteiger partial charge in [0.2, 0.25) is 0 Å². The number of halogens is 1. The Balaban J connectivity index is 3.15. The fourth-order valence-corrected chi connectivity index (χ4v) is 1.26. The average molecular weight is 225 g/mol. The number of aryl methyl sites for hydroxylation is 2. The molecule has 15 heavy (non-hydrogen) atoms. The van der Waals surface area contributed by atoms with Crippen molar-refractivity contribution < 1.29 is 0 Å². The molecule has 0 unspecified atom stereocenters. The molecule has 0 bridgehead atoms. The van der Waals surface area contributed by atoms with Crippen molar-refractivity contribution in [2.45, 2.75) is 13.8 Å². The monoisotopic (exact) mass is 224 g/mol. The first kappa shape index (κ1) is 11.5. The number of nitrogens with zero attached hydrogens (tertiary/aromatic N) is 3. The van der Waals surface area contributed by atoms with Gasteiger partial charge in [-0.15, -0.1) is 0 Å². The SMILES string of the molecule is C=CC(Cl)=N/C(=C\N)n1nc(C)cc1C. The third-order valence-corrected chi connectivity index (χ3v) is 2.00. The van der Waals surface area contributed by atoms with Crippen LogP contribution in [0.15, 0.2) is 29.9 Å². The highest BCUT2D eigenvalue weighted by molar-refractivity contribution is 6.68. The second-order valence-corrected chi connectivity index (χ2v) is 3.39. The van der Waals surface area contributed by atoms with Crippen LogP contribution < -0.4 is 5.73 Å². The van der Waals surface area contributed by atoms with E-state index < -0.39 is 0 Å². The highest BCUT2D eigenvalue weighted by atomic mass is 35.5. The van der Waals surface area contributed by atoms with E-state index in [4.69, 9.17) is 17.3 Å². The van der Waals surface area contributed by atoms with Crippen LogP contribution in [-0.4, -0.2) is 15.0 Å². The molecule has 0 saturated carbocycles. The molecule has 1 heterocycles. The predicted octanol–water partition coefficient (Wildman–Crippen LogP) is 2.04. The van der Waals surface area contributed by atoms with E-state index in [1.807, 2.05) is 19.9 Å². The quantitative estimate of drug-likeness (QED) is 0.799. The maximum atomic E-state index is 5.74. The van der Waals surface area contributed by atoms with Gasteiger partial charge < -0.3 is 5.73 Å². The minimum atomic E-state index is 0.277. The molecule has 0 atom stereocenters. The molecule has 0 amide bonds. The summed E-state index contributed by atoms with van der Waals surface area (Å²) < 4.78 is 1.63. The third kappa shape index (κ3) is 2.70. The Bertz CT molecular complexity index is 429. The first-order chi connectivity index (χ1) is 7.08. The van der Waals surface area contributed by atoms with Crippen molar-refractivity contribution in [1.29, 1.82) is 0 Å². The maximum absolute atomic E-state index is 5.74. The standard InChI is InChI=1S/C10H13ClN4/c1-4-9(11)13-10(6-12)15-8(3)5-7(2)14-15/h4-6H,1,12H2,2-3H3/b10-6+,13-9?. The van der Waals surface area contributed by atoms with Crippen molar-refractivity contribution in [3.05, 3.63) is 36.3 Å². The van der Waals surface area contributed by atoms with Crippen molar-refractivity contribution in [2.24, 2.45) is 10.7 Å². The summed E-state index contributed by atoms with van der Waals surface area (Å²) in [6.07, 6.45) is 2.79. The van der Waals surface area contributed by atoms with Gasteiger partial charge in [-0.25, -0.2) is 9.67 Å². The molecule has 0 saturated heterocycles. The van der Waals surface area contributed by atoms with Gasteiger partial charge in [-0.1, -0.05) is 18.2 Å². The molecule has 4 nitrogen and oxygen atoms in total. The normalized spacial score (nSPS) is 13.0. The summed E-state index contributed by atoms with van der Waals surface area (Å²) in [5.41, 5.74) is 7.31. The van der Waals surface area contributed by atoms with Gasteiger partial charge in [0, 0.05) is 11.9 Å². The second kappa shape index (κ2) is 4.79. The molecular formula is C10H13ClN4. The fourth-order valence-electron chi connectivity index (χ4n) is 1.17. The first-order valence-electron chi connectivity index (χ1n) is 4.40. The lowest BCUT2D eigenvalue weighted by molar-refractivity contribution is 0.839. The first-order valence-corrected chi connectivity index (χ1v) is 4.78. The van der Waals surface area contributed by atoms with E-state index in [2.05, 4.69) is 16.7 Å². The van der Waals surface area contributed by atoms with Crippen molar-refractivity contribution >= 4 is 22.6 Å². The van der Waals surface area contributed by atoms with Gasteiger partial charge in [-0.3, -0.25) is 0 Å². The molecule has 0 fully saturated rings. The summed E-state index contributed by atoms with van der Waals surface area (Å²) in [7, 11) is 0. The van der Waals surface area contributed by atoms with E-state index in [0.29, 0.717) is 5.82 Å². The topological polar surface area (TPSA) is 56.2 Å². The minimum absolute atomic E-state index is 0.277. The largest absolute Gasteiger partial charge is 0.402 e. The van der Waals surface area contributed by atoms with E-state index in [1.54, 1.807) is 4.68 Å². The number of rotatable bonds is 3. The molecule has 0 aliphatic rings. The van der Waals surface area contributed by atoms with Crippen LogP contribution >= 0.6 is 11.6 Å². The van der Waals surface area contributed by atoms with Gasteiger partial charge in [0.15, 0.2) is 5.82 Å². The summed E-state index contributed by atoms with van der Waals surface area (Å²) in [6.45, 7) is 7.33. The van der Waals surface area contributed by atoms with Gasteiger partial charge in [0.1, 0.15) is 5.17 Å². The number of hydrogen-bond acceptors (Lipinski definition) is 3. The molecule has 0 aliphatic heterocycles. The molecule has 0 spiro atoms. The minimum Gasteiger partial charge on any atom is -0.402 e. The summed E-state index contributed by atoms with van der Waals surface area (Å²) in [5.74, 6) is 0.477. The van der Waals surface area contributed by atoms with Gasteiger partial charge in [-0.2, -0.15) is 5.10 Å². The Kier molecular flexibility index (Phi) is 3.68. The third-order valence-electron chi connectivity index (χ3n) is 1.77. The number of aliphatic imine (C=N–C) groups is 1. The molecule has 1 aromatic heterocycles. The molecular weight excluding hydrogens is 212 g/mol. The zero-order valence-electron chi connectivity index (χ0n) is 8.74. The predicted molar refractivity (Wildman–Crippen MR) is 63.6 cm³/mol. The van der Waals surface area contributed by atoms with Crippen LogP contribution in [0.1, 0.15) is 11.4 Å². The van der Waals surface area contributed by atoms with Crippen LogP contribution in [0.25, 0.3) is 5.82 Å². The van der Waals surface area contributed by atoms with Gasteiger partial charge in [0.25, 0.3) is 0 Å². The highest BCUT2D eigenvalue weighted by Crippen LogP contribution is 2.11. The molecule has 0 radical (unpaired) electrons. The highest BCUT2D eigenvalue weighted by Gasteiger charge is 2.05. The Morgan fingerprint density at radius 3 is 2.73 bits per heavy atom. The van der Waals surface area contributed by atoms with E-state index in [9.17, 15) is 0 Å². The van der Waals surface area contributed by atoms with Crippen LogP contribution in [0, 0.1) is 13.8 Å². The van der Waals surface area contributed by atoms with Crippen LogP contribution in [-0.2, 0) is 0 Å². The molecule has 2 N–H and O–H groups in total. The second-order valence-electron chi connectivity index (χ2n) is 3.00. The number of aromatic nitrogens is 2. The fraction of sp³-hybridized carbons (Fsp3) is 0.200. The lowest BCUT2D eigenvalue weighted by atomic mass is 10.4. The average Bonchev–Trinajstić information content (AvgIpc) is 2.54. The summed E-state index contributed by atoms with van der Waals surface area (Å²) in [5, 5.41) is 4.51. The Hall–Kier alpha value is -1.55. The van der Waals surface area contributed by atoms with Crippen molar-refractivity contribution in [1.82, 2.24) is 9.78 Å².